The minimum atomic E-state index is -3.92. The highest BCUT2D eigenvalue weighted by molar-refractivity contribution is 7.96. The van der Waals surface area contributed by atoms with Crippen LogP contribution in [0.5, 0.6) is 0 Å². The van der Waals surface area contributed by atoms with Gasteiger partial charge in [-0.1, -0.05) is 49.8 Å². The Bertz CT molecular complexity index is 1340. The van der Waals surface area contributed by atoms with E-state index in [1.807, 2.05) is 13.8 Å². The molecule has 1 aliphatic heterocycles. The van der Waals surface area contributed by atoms with Crippen molar-refractivity contribution in [2.45, 2.75) is 85.1 Å². The van der Waals surface area contributed by atoms with E-state index in [-0.39, 0.29) is 22.3 Å². The minimum absolute atomic E-state index is 0.00481. The number of rotatable bonds is 11. The zero-order valence-electron chi connectivity index (χ0n) is 26.2. The van der Waals surface area contributed by atoms with E-state index < -0.39 is 38.6 Å². The predicted molar refractivity (Wildman–Crippen MR) is 165 cm³/mol. The van der Waals surface area contributed by atoms with E-state index in [1.54, 1.807) is 52.0 Å². The number of allylic oxidation sites excluding steroid dienone is 3. The van der Waals surface area contributed by atoms with Crippen LogP contribution in [0.25, 0.3) is 0 Å². The third kappa shape index (κ3) is 17.7. The molecule has 1 heterocycles. The van der Waals surface area contributed by atoms with Crippen molar-refractivity contribution in [1.82, 2.24) is 0 Å². The Morgan fingerprint density at radius 2 is 1.34 bits per heavy atom. The number of carboxylic acids is 4. The lowest BCUT2D eigenvalue weighted by molar-refractivity contribution is -0.133. The van der Waals surface area contributed by atoms with Crippen LogP contribution < -0.4 is 0 Å². The Balaban J connectivity index is 0. The zero-order chi connectivity index (χ0) is 34.6. The van der Waals surface area contributed by atoms with E-state index in [2.05, 4.69) is 0 Å². The van der Waals surface area contributed by atoms with E-state index in [1.165, 1.54) is 25.1 Å². The van der Waals surface area contributed by atoms with Crippen LogP contribution in [-0.2, 0) is 33.8 Å². The van der Waals surface area contributed by atoms with Gasteiger partial charge < -0.3 is 30.3 Å². The maximum Gasteiger partial charge on any atom is 0.347 e. The predicted octanol–water partition coefficient (Wildman–Crippen LogP) is 5.69. The highest BCUT2D eigenvalue weighted by Crippen LogP contribution is 2.20. The molecular formula is C31H44O12S. The molecule has 1 fully saturated rings. The first-order valence-corrected chi connectivity index (χ1v) is 15.1. The Morgan fingerprint density at radius 1 is 0.841 bits per heavy atom. The molecule has 0 amide bonds. The van der Waals surface area contributed by atoms with Gasteiger partial charge >= 0.3 is 23.9 Å². The number of aryl methyl sites for hydroxylation is 1. The molecule has 1 atom stereocenters. The van der Waals surface area contributed by atoms with Crippen molar-refractivity contribution in [3.8, 4) is 0 Å². The molecule has 1 aromatic carbocycles. The summed E-state index contributed by atoms with van der Waals surface area (Å²) in [5.41, 5.74) is 1.75. The van der Waals surface area contributed by atoms with Crippen LogP contribution in [0.3, 0.4) is 0 Å². The van der Waals surface area contributed by atoms with Crippen LogP contribution in [-0.4, -0.2) is 70.5 Å². The van der Waals surface area contributed by atoms with Crippen molar-refractivity contribution < 1.29 is 57.9 Å². The first kappa shape index (κ1) is 41.9. The number of aliphatic carboxylic acids is 4. The van der Waals surface area contributed by atoms with E-state index >= 15 is 0 Å². The Morgan fingerprint density at radius 3 is 1.66 bits per heavy atom. The lowest BCUT2D eigenvalue weighted by atomic mass is 10.2. The molecule has 1 aromatic rings. The number of aliphatic hydroxyl groups is 1. The number of hydrogen-bond acceptors (Lipinski definition) is 8. The van der Waals surface area contributed by atoms with Crippen molar-refractivity contribution in [2.75, 3.05) is 6.61 Å². The van der Waals surface area contributed by atoms with Crippen LogP contribution in [0.2, 0.25) is 0 Å². The van der Waals surface area contributed by atoms with Crippen LogP contribution in [0.15, 0.2) is 74.8 Å². The third-order valence-corrected chi connectivity index (χ3v) is 7.47. The second-order valence-electron chi connectivity index (χ2n) is 9.39. The van der Waals surface area contributed by atoms with Gasteiger partial charge in [0.1, 0.15) is 5.76 Å². The van der Waals surface area contributed by atoms with E-state index in [9.17, 15) is 27.6 Å². The minimum Gasteiger partial charge on any atom is -0.512 e. The molecule has 0 aromatic heterocycles. The summed E-state index contributed by atoms with van der Waals surface area (Å²) in [7, 11) is -3.92. The van der Waals surface area contributed by atoms with Crippen molar-refractivity contribution in [3.63, 3.8) is 0 Å². The molecular weight excluding hydrogens is 596 g/mol. The summed E-state index contributed by atoms with van der Waals surface area (Å²) in [6.45, 7) is 12.4. The van der Waals surface area contributed by atoms with Gasteiger partial charge in [0.25, 0.3) is 0 Å². The van der Waals surface area contributed by atoms with Crippen LogP contribution >= 0.6 is 0 Å². The van der Waals surface area contributed by atoms with Gasteiger partial charge in [-0.25, -0.2) is 27.6 Å². The topological polar surface area (TPSA) is 216 Å². The van der Waals surface area contributed by atoms with Crippen molar-refractivity contribution in [1.29, 1.82) is 0 Å². The van der Waals surface area contributed by atoms with Gasteiger partial charge in [-0.15, -0.1) is 0 Å². The summed E-state index contributed by atoms with van der Waals surface area (Å²) in [5, 5.41) is 42.8. The number of hydrogen-bond donors (Lipinski definition) is 5. The van der Waals surface area contributed by atoms with Gasteiger partial charge in [0.2, 0.25) is 9.84 Å². The number of ether oxygens (including phenoxy) is 1. The molecule has 2 rings (SSSR count). The molecule has 0 radical (unpaired) electrons. The smallest absolute Gasteiger partial charge is 0.347 e. The van der Waals surface area contributed by atoms with Gasteiger partial charge in [-0.05, 0) is 66.0 Å². The third-order valence-electron chi connectivity index (χ3n) is 5.66. The molecule has 13 heteroatoms. The van der Waals surface area contributed by atoms with Crippen molar-refractivity contribution in [2.24, 2.45) is 0 Å². The molecule has 1 unspecified atom stereocenters. The molecule has 1 saturated heterocycles. The second-order valence-corrected chi connectivity index (χ2v) is 11.3. The maximum absolute atomic E-state index is 12.0. The van der Waals surface area contributed by atoms with Gasteiger partial charge in [0, 0.05) is 17.6 Å². The first-order chi connectivity index (χ1) is 20.4. The van der Waals surface area contributed by atoms with Crippen LogP contribution in [0, 0.1) is 6.92 Å². The molecule has 0 spiro atoms. The molecule has 0 bridgehead atoms. The fourth-order valence-corrected chi connectivity index (χ4v) is 3.98. The highest BCUT2D eigenvalue weighted by Gasteiger charge is 2.26. The van der Waals surface area contributed by atoms with E-state index in [4.69, 9.17) is 30.3 Å². The second kappa shape index (κ2) is 21.5. The normalized spacial score (nSPS) is 15.1. The quantitative estimate of drug-likeness (QED) is 0.112. The Hall–Kier alpha value is -4.23. The van der Waals surface area contributed by atoms with Crippen LogP contribution in [0.1, 0.15) is 72.8 Å². The van der Waals surface area contributed by atoms with E-state index in [0.29, 0.717) is 24.0 Å². The van der Waals surface area contributed by atoms with Crippen LogP contribution in [0.4, 0.5) is 0 Å². The monoisotopic (exact) mass is 640 g/mol. The summed E-state index contributed by atoms with van der Waals surface area (Å²) in [5.74, 6) is -4.18. The Kier molecular flexibility index (Phi) is 20.4. The van der Waals surface area contributed by atoms with Gasteiger partial charge in [-0.3, -0.25) is 0 Å². The summed E-state index contributed by atoms with van der Waals surface area (Å²) >= 11 is 0. The SMILES string of the molecule is C/C(=C\CC1CO1)C(=O)O.C/C=C(\C)C(=O)O.CC/C=C(\C(=O)O)S(=O)(=O)c1ccc(C)cc1.CCC/C(O)=C(/C)C(=O)O. The molecule has 0 saturated carbocycles. The molecule has 1 aliphatic rings. The van der Waals surface area contributed by atoms with Gasteiger partial charge in [0.15, 0.2) is 4.91 Å². The number of benzene rings is 1. The van der Waals surface area contributed by atoms with E-state index in [0.717, 1.165) is 25.0 Å². The number of aliphatic hydroxyl groups excluding tert-OH is 1. The summed E-state index contributed by atoms with van der Waals surface area (Å²) in [6, 6.07) is 6.10. The molecule has 5 N–H and O–H groups in total. The summed E-state index contributed by atoms with van der Waals surface area (Å²) < 4.78 is 29.0. The lowest BCUT2D eigenvalue weighted by Gasteiger charge is -2.05. The fourth-order valence-electron chi connectivity index (χ4n) is 2.61. The average Bonchev–Trinajstić information content (AvgIpc) is 3.79. The lowest BCUT2D eigenvalue weighted by Crippen LogP contribution is -2.13. The zero-order valence-corrected chi connectivity index (χ0v) is 27.0. The fraction of sp³-hybridized carbons (Fsp3) is 0.419. The number of carbonyl (C=O) groups is 4. The maximum atomic E-state index is 12.0. The van der Waals surface area contributed by atoms with Gasteiger partial charge in [-0.2, -0.15) is 0 Å². The number of carboxylic acid groups (broad SMARTS) is 4. The standard InChI is InChI=1S/C12H14O4S.C7H10O3.C7H12O3.C5H8O2/c1-3-4-11(12(13)14)17(15,16)10-7-5-9(2)6-8-10;1-5(7(8)9)2-3-6-4-10-6;1-3-4-6(8)5(2)7(9)10;1-3-4(2)5(6)7/h4-8H,3H2,1-2H3,(H,13,14);2,6H,3-4H2,1H3,(H,8,9);8H,3-4H2,1-2H3,(H,9,10);3H,1-2H3,(H,6,7)/b11-4+;5-2+;6-5+;4-3+. The highest BCUT2D eigenvalue weighted by atomic mass is 32.2. The largest absolute Gasteiger partial charge is 0.512 e. The Labute approximate surface area is 258 Å². The van der Waals surface area contributed by atoms with Crippen molar-refractivity contribution >= 4 is 33.7 Å². The molecule has 0 aliphatic carbocycles. The first-order valence-electron chi connectivity index (χ1n) is 13.6. The molecule has 12 nitrogen and oxygen atoms in total. The van der Waals surface area contributed by atoms with Crippen molar-refractivity contribution in [3.05, 3.63) is 75.4 Å². The molecule has 44 heavy (non-hydrogen) atoms. The molecule has 246 valence electrons. The number of epoxide rings is 1. The summed E-state index contributed by atoms with van der Waals surface area (Å²) in [6.07, 6.45) is 7.04. The summed E-state index contributed by atoms with van der Waals surface area (Å²) in [4.78, 5) is 40.7. The van der Waals surface area contributed by atoms with Gasteiger partial charge in [0.05, 0.1) is 23.2 Å². The number of sulfone groups is 1. The average molecular weight is 641 g/mol.